The van der Waals surface area contributed by atoms with Crippen molar-refractivity contribution >= 4 is 23.7 Å². The van der Waals surface area contributed by atoms with E-state index in [1.165, 1.54) is 12.7 Å². The van der Waals surface area contributed by atoms with Crippen LogP contribution in [0.5, 0.6) is 0 Å². The number of hydrogen-bond acceptors (Lipinski definition) is 6. The van der Waals surface area contributed by atoms with Gasteiger partial charge < -0.3 is 14.6 Å². The number of allylic oxidation sites excluding steroid dienone is 2. The summed E-state index contributed by atoms with van der Waals surface area (Å²) in [6.45, 7) is 15.6. The van der Waals surface area contributed by atoms with Crippen molar-refractivity contribution in [2.45, 2.75) is 125 Å². The highest BCUT2D eigenvalue weighted by atomic mass is 16.5. The monoisotopic (exact) mass is 584 g/mol. The first-order valence-corrected chi connectivity index (χ1v) is 16.1. The Balaban J connectivity index is 1.46. The lowest BCUT2D eigenvalue weighted by Gasteiger charge is -2.70. The fourth-order valence-corrected chi connectivity index (χ4v) is 11.1. The van der Waals surface area contributed by atoms with E-state index in [2.05, 4.69) is 46.3 Å². The van der Waals surface area contributed by atoms with Crippen molar-refractivity contribution in [1.82, 2.24) is 0 Å². The second-order valence-corrected chi connectivity index (χ2v) is 16.5. The zero-order chi connectivity index (χ0) is 31.1. The Hall–Kier alpha value is -2.18. The molecule has 0 amide bonds. The van der Waals surface area contributed by atoms with Gasteiger partial charge in [-0.1, -0.05) is 47.1 Å². The maximum absolute atomic E-state index is 14.5. The number of aliphatic carboxylic acids is 1. The first-order chi connectivity index (χ1) is 19.4. The Morgan fingerprint density at radius 1 is 0.881 bits per heavy atom. The van der Waals surface area contributed by atoms with Gasteiger partial charge in [-0.15, -0.1) is 0 Å². The lowest BCUT2D eigenvalue weighted by atomic mass is 9.33. The average Bonchev–Trinajstić information content (AvgIpc) is 2.91. The summed E-state index contributed by atoms with van der Waals surface area (Å²) in [4.78, 5) is 51.1. The molecule has 0 radical (unpaired) electrons. The molecule has 4 fully saturated rings. The Labute approximate surface area is 251 Å². The summed E-state index contributed by atoms with van der Waals surface area (Å²) in [6, 6.07) is 0. The van der Waals surface area contributed by atoms with Gasteiger partial charge in [-0.2, -0.15) is 0 Å². The van der Waals surface area contributed by atoms with Crippen molar-refractivity contribution in [3.8, 4) is 0 Å². The van der Waals surface area contributed by atoms with Gasteiger partial charge >= 0.3 is 17.9 Å². The number of hydrogen-bond donors (Lipinski definition) is 1. The predicted octanol–water partition coefficient (Wildman–Crippen LogP) is 6.92. The lowest BCUT2D eigenvalue weighted by molar-refractivity contribution is -0.211. The average molecular weight is 585 g/mol. The fraction of sp³-hybridized carbons (Fsp3) is 0.829. The summed E-state index contributed by atoms with van der Waals surface area (Å²) < 4.78 is 10.7. The zero-order valence-electron chi connectivity index (χ0n) is 27.1. The summed E-state index contributed by atoms with van der Waals surface area (Å²) in [6.07, 6.45) is 9.38. The molecule has 9 atom stereocenters. The molecular weight excluding hydrogens is 532 g/mol. The summed E-state index contributed by atoms with van der Waals surface area (Å²) >= 11 is 0. The van der Waals surface area contributed by atoms with Gasteiger partial charge in [-0.3, -0.25) is 19.2 Å². The molecule has 0 aromatic carbocycles. The van der Waals surface area contributed by atoms with E-state index >= 15 is 0 Å². The topological polar surface area (TPSA) is 107 Å². The number of carboxylic acid groups (broad SMARTS) is 1. The number of carboxylic acids is 1. The van der Waals surface area contributed by atoms with Gasteiger partial charge in [-0.05, 0) is 104 Å². The molecule has 0 aliphatic heterocycles. The molecule has 1 N–H and O–H groups in total. The minimum Gasteiger partial charge on any atom is -0.481 e. The maximum atomic E-state index is 14.5. The van der Waals surface area contributed by atoms with Crippen LogP contribution < -0.4 is 0 Å². The van der Waals surface area contributed by atoms with Crippen molar-refractivity contribution < 1.29 is 33.8 Å². The van der Waals surface area contributed by atoms with Gasteiger partial charge in [-0.25, -0.2) is 0 Å². The van der Waals surface area contributed by atoms with Crippen LogP contribution in [0.4, 0.5) is 0 Å². The number of esters is 2. The van der Waals surface area contributed by atoms with E-state index in [0.717, 1.165) is 38.5 Å². The third kappa shape index (κ3) is 4.33. The Kier molecular flexibility index (Phi) is 7.38. The Bertz CT molecular complexity index is 1220. The number of rotatable bonds is 5. The molecule has 0 aromatic heterocycles. The zero-order valence-corrected chi connectivity index (χ0v) is 27.1. The smallest absolute Gasteiger partial charge is 0.309 e. The molecule has 0 heterocycles. The van der Waals surface area contributed by atoms with Crippen molar-refractivity contribution in [3.05, 3.63) is 11.6 Å². The first kappa shape index (κ1) is 31.3. The third-order valence-electron chi connectivity index (χ3n) is 14.1. The molecule has 5 rings (SSSR count). The molecule has 42 heavy (non-hydrogen) atoms. The van der Waals surface area contributed by atoms with E-state index in [1.807, 2.05) is 13.0 Å². The summed E-state index contributed by atoms with van der Waals surface area (Å²) in [7, 11) is 1.31. The highest BCUT2D eigenvalue weighted by Crippen LogP contribution is 2.75. The number of carbonyl (C=O) groups excluding carboxylic acids is 3. The predicted molar refractivity (Wildman–Crippen MR) is 158 cm³/mol. The highest BCUT2D eigenvalue weighted by Gasteiger charge is 2.70. The van der Waals surface area contributed by atoms with Crippen LogP contribution >= 0.6 is 0 Å². The van der Waals surface area contributed by atoms with Crippen LogP contribution in [0.1, 0.15) is 119 Å². The van der Waals surface area contributed by atoms with Gasteiger partial charge in [0, 0.05) is 11.3 Å². The van der Waals surface area contributed by atoms with Crippen molar-refractivity contribution in [3.63, 3.8) is 0 Å². The standard InChI is InChI=1S/C35H52O7/c1-30(2)24-11-14-35(7)28(33(24,5)13-12-25(30)42-27(38)10-9-26(37)41-8)23(36)19-21-22-20-32(4,29(39)40)16-15-31(22,3)17-18-34(21,35)6/h19,22,24-25,28H,9-18,20H2,1-8H3,(H,39,40)/t22-,24?,25-,28+,31+,32?,33-,34+,35+/m0/s1. The van der Waals surface area contributed by atoms with Crippen molar-refractivity contribution in [2.24, 2.45) is 50.2 Å². The summed E-state index contributed by atoms with van der Waals surface area (Å²) in [5, 5.41) is 10.1. The molecule has 5 aliphatic carbocycles. The van der Waals surface area contributed by atoms with Crippen LogP contribution in [0.15, 0.2) is 11.6 Å². The molecule has 234 valence electrons. The number of methoxy groups -OCH3 is 1. The normalized spacial score (nSPS) is 45.7. The van der Waals surface area contributed by atoms with Gasteiger partial charge in [0.2, 0.25) is 0 Å². The minimum absolute atomic E-state index is 0.00725. The van der Waals surface area contributed by atoms with E-state index in [9.17, 15) is 24.3 Å². The third-order valence-corrected chi connectivity index (χ3v) is 14.1. The molecule has 0 bridgehead atoms. The van der Waals surface area contributed by atoms with E-state index in [4.69, 9.17) is 4.74 Å². The van der Waals surface area contributed by atoms with Gasteiger partial charge in [0.1, 0.15) is 6.10 Å². The van der Waals surface area contributed by atoms with Gasteiger partial charge in [0.05, 0.1) is 25.4 Å². The molecular formula is C35H52O7. The second kappa shape index (κ2) is 9.92. The lowest BCUT2D eigenvalue weighted by Crippen LogP contribution is -2.66. The van der Waals surface area contributed by atoms with Crippen molar-refractivity contribution in [1.29, 1.82) is 0 Å². The van der Waals surface area contributed by atoms with Crippen LogP contribution in [0.25, 0.3) is 0 Å². The summed E-state index contributed by atoms with van der Waals surface area (Å²) in [5.74, 6) is -1.12. The summed E-state index contributed by atoms with van der Waals surface area (Å²) in [5.41, 5.74) is -0.455. The maximum Gasteiger partial charge on any atom is 0.309 e. The van der Waals surface area contributed by atoms with E-state index < -0.39 is 17.4 Å². The van der Waals surface area contributed by atoms with E-state index in [1.54, 1.807) is 0 Å². The SMILES string of the molecule is COC(=O)CCC(=O)O[C@H]1CC[C@@]2(C)C(CC[C@]3(C)[C@@H]2C(=O)C=C2[C@@H]4CC(C)(C(=O)O)CC[C@]4(C)CC[C@]23C)C1(C)C. The van der Waals surface area contributed by atoms with Crippen LogP contribution in [0, 0.1) is 50.2 Å². The molecule has 0 aromatic rings. The molecule has 7 heteroatoms. The minimum atomic E-state index is -0.760. The Morgan fingerprint density at radius 2 is 1.52 bits per heavy atom. The quantitative estimate of drug-likeness (QED) is 0.350. The first-order valence-electron chi connectivity index (χ1n) is 16.1. The van der Waals surface area contributed by atoms with E-state index in [0.29, 0.717) is 19.3 Å². The largest absolute Gasteiger partial charge is 0.481 e. The van der Waals surface area contributed by atoms with Crippen LogP contribution in [-0.2, 0) is 28.7 Å². The molecule has 0 spiro atoms. The fourth-order valence-electron chi connectivity index (χ4n) is 11.1. The number of ketones is 1. The van der Waals surface area contributed by atoms with E-state index in [-0.39, 0.29) is 75.5 Å². The number of fused-ring (bicyclic) bond motifs is 7. The van der Waals surface area contributed by atoms with Gasteiger partial charge in [0.25, 0.3) is 0 Å². The Morgan fingerprint density at radius 3 is 2.17 bits per heavy atom. The number of carbonyl (C=O) groups is 4. The van der Waals surface area contributed by atoms with Crippen LogP contribution in [-0.4, -0.2) is 42.0 Å². The number of ether oxygens (including phenoxy) is 2. The highest BCUT2D eigenvalue weighted by molar-refractivity contribution is 5.95. The molecule has 4 saturated carbocycles. The molecule has 2 unspecified atom stereocenters. The second-order valence-electron chi connectivity index (χ2n) is 16.5. The molecule has 7 nitrogen and oxygen atoms in total. The molecule has 0 saturated heterocycles. The van der Waals surface area contributed by atoms with Crippen LogP contribution in [0.2, 0.25) is 0 Å². The molecule has 5 aliphatic rings. The van der Waals surface area contributed by atoms with Crippen molar-refractivity contribution in [2.75, 3.05) is 7.11 Å². The van der Waals surface area contributed by atoms with Crippen LogP contribution in [0.3, 0.4) is 0 Å². The van der Waals surface area contributed by atoms with Gasteiger partial charge in [0.15, 0.2) is 5.78 Å².